The molecule has 1 aromatic heterocycles. The van der Waals surface area contributed by atoms with Gasteiger partial charge in [-0.05, 0) is 17.7 Å². The van der Waals surface area contributed by atoms with E-state index in [2.05, 4.69) is 14.7 Å². The summed E-state index contributed by atoms with van der Waals surface area (Å²) in [7, 11) is 0. The third-order valence-corrected chi connectivity index (χ3v) is 4.60. The van der Waals surface area contributed by atoms with Gasteiger partial charge in [0.25, 0.3) is 0 Å². The minimum Gasteiger partial charge on any atom is -0.358 e. The van der Waals surface area contributed by atoms with Gasteiger partial charge in [-0.2, -0.15) is 0 Å². The number of nitrogens with one attached hydrogen (secondary N) is 1. The second-order valence-electron chi connectivity index (χ2n) is 6.20. The van der Waals surface area contributed by atoms with Crippen LogP contribution in [0.15, 0.2) is 53.3 Å². The zero-order chi connectivity index (χ0) is 16.5. The zero-order valence-electron chi connectivity index (χ0n) is 13.2. The maximum atomic E-state index is 12.8. The van der Waals surface area contributed by atoms with Crippen molar-refractivity contribution in [3.8, 4) is 0 Å². The first-order valence-electron chi connectivity index (χ1n) is 8.06. The Bertz CT molecular complexity index is 1010. The lowest BCUT2D eigenvalue weighted by Gasteiger charge is -2.28. The molecule has 2 aromatic carbocycles. The summed E-state index contributed by atoms with van der Waals surface area (Å²) in [4.78, 5) is 22.0. The predicted molar refractivity (Wildman–Crippen MR) is 95.1 cm³/mol. The van der Waals surface area contributed by atoms with Crippen LogP contribution in [0.5, 0.6) is 0 Å². The number of pyridine rings is 1. The highest BCUT2D eigenvalue weighted by atomic mass is 16.1. The van der Waals surface area contributed by atoms with E-state index in [4.69, 9.17) is 6.57 Å². The van der Waals surface area contributed by atoms with E-state index < -0.39 is 0 Å². The van der Waals surface area contributed by atoms with Crippen LogP contribution < -0.4 is 5.43 Å². The minimum atomic E-state index is 0.138. The number of aromatic nitrogens is 1. The summed E-state index contributed by atoms with van der Waals surface area (Å²) in [5.74, 6) is 0. The molecule has 4 heteroatoms. The molecule has 4 nitrogen and oxygen atoms in total. The monoisotopic (exact) mass is 315 g/mol. The molecule has 3 aromatic rings. The van der Waals surface area contributed by atoms with E-state index in [1.807, 2.05) is 48.5 Å². The Morgan fingerprint density at radius 1 is 1.17 bits per heavy atom. The molecular weight excluding hydrogens is 298 g/mol. The second-order valence-corrected chi connectivity index (χ2v) is 6.20. The van der Waals surface area contributed by atoms with E-state index in [1.165, 1.54) is 0 Å². The molecule has 1 N–H and O–H groups in total. The van der Waals surface area contributed by atoms with Crippen LogP contribution in [0.25, 0.3) is 15.7 Å². The van der Waals surface area contributed by atoms with E-state index in [1.54, 1.807) is 0 Å². The number of aromatic amines is 1. The fraction of sp³-hybridized carbons (Fsp3) is 0.200. The summed E-state index contributed by atoms with van der Waals surface area (Å²) >= 11 is 0. The Morgan fingerprint density at radius 2 is 2.04 bits per heavy atom. The summed E-state index contributed by atoms with van der Waals surface area (Å²) in [5.41, 5.74) is 4.77. The van der Waals surface area contributed by atoms with Gasteiger partial charge in [0.1, 0.15) is 0 Å². The molecule has 1 aliphatic heterocycles. The number of hydrogen-bond acceptors (Lipinski definition) is 2. The molecule has 24 heavy (non-hydrogen) atoms. The highest BCUT2D eigenvalue weighted by molar-refractivity contribution is 5.79. The Hall–Kier alpha value is -2.90. The molecule has 0 saturated heterocycles. The number of benzene rings is 2. The van der Waals surface area contributed by atoms with Gasteiger partial charge in [-0.3, -0.25) is 9.69 Å². The van der Waals surface area contributed by atoms with Crippen LogP contribution >= 0.6 is 0 Å². The molecule has 118 valence electrons. The number of H-pyrrole nitrogens is 1. The van der Waals surface area contributed by atoms with Crippen molar-refractivity contribution < 1.29 is 0 Å². The van der Waals surface area contributed by atoms with Crippen molar-refractivity contribution in [2.24, 2.45) is 0 Å². The smallest absolute Gasteiger partial charge is 0.194 e. The fourth-order valence-corrected chi connectivity index (χ4v) is 3.40. The summed E-state index contributed by atoms with van der Waals surface area (Å²) in [6.07, 6.45) is 0.845. The third kappa shape index (κ3) is 2.60. The van der Waals surface area contributed by atoms with Gasteiger partial charge < -0.3 is 4.98 Å². The molecule has 0 bridgehead atoms. The SMILES string of the molecule is [C-]#[N+]c1cccc(CN2CCc3[nH]c4ccccc4c(=O)c3C2)c1. The van der Waals surface area contributed by atoms with Gasteiger partial charge >= 0.3 is 0 Å². The molecule has 0 aliphatic carbocycles. The Balaban J connectivity index is 1.65. The third-order valence-electron chi connectivity index (χ3n) is 4.60. The normalized spacial score (nSPS) is 14.3. The lowest BCUT2D eigenvalue weighted by molar-refractivity contribution is 0.243. The maximum Gasteiger partial charge on any atom is 0.194 e. The van der Waals surface area contributed by atoms with Crippen molar-refractivity contribution in [3.63, 3.8) is 0 Å². The van der Waals surface area contributed by atoms with E-state index in [0.29, 0.717) is 12.2 Å². The summed E-state index contributed by atoms with van der Waals surface area (Å²) < 4.78 is 0. The van der Waals surface area contributed by atoms with Gasteiger partial charge in [0.2, 0.25) is 0 Å². The van der Waals surface area contributed by atoms with Crippen molar-refractivity contribution in [2.45, 2.75) is 19.5 Å². The van der Waals surface area contributed by atoms with E-state index in [9.17, 15) is 4.79 Å². The van der Waals surface area contributed by atoms with Crippen LogP contribution in [0, 0.1) is 6.57 Å². The zero-order valence-corrected chi connectivity index (χ0v) is 13.2. The summed E-state index contributed by atoms with van der Waals surface area (Å²) in [5, 5.41) is 0.758. The average molecular weight is 315 g/mol. The highest BCUT2D eigenvalue weighted by Crippen LogP contribution is 2.21. The largest absolute Gasteiger partial charge is 0.358 e. The van der Waals surface area contributed by atoms with Gasteiger partial charge in [0, 0.05) is 48.2 Å². The molecule has 0 spiro atoms. The Kier molecular flexibility index (Phi) is 3.64. The van der Waals surface area contributed by atoms with Crippen LogP contribution in [-0.2, 0) is 19.5 Å². The first-order chi connectivity index (χ1) is 11.7. The summed E-state index contributed by atoms with van der Waals surface area (Å²) in [6.45, 7) is 9.44. The average Bonchev–Trinajstić information content (AvgIpc) is 2.63. The molecule has 0 unspecified atom stereocenters. The second kappa shape index (κ2) is 5.95. The lowest BCUT2D eigenvalue weighted by atomic mass is 10.0. The first-order valence-corrected chi connectivity index (χ1v) is 8.06. The van der Waals surface area contributed by atoms with Crippen LogP contribution in [0.3, 0.4) is 0 Å². The van der Waals surface area contributed by atoms with Crippen molar-refractivity contribution in [3.05, 3.63) is 87.0 Å². The number of rotatable bonds is 2. The van der Waals surface area contributed by atoms with Crippen LogP contribution in [0.4, 0.5) is 5.69 Å². The summed E-state index contributed by atoms with van der Waals surface area (Å²) in [6, 6.07) is 15.4. The van der Waals surface area contributed by atoms with Gasteiger partial charge in [-0.25, -0.2) is 4.85 Å². The molecule has 0 atom stereocenters. The highest BCUT2D eigenvalue weighted by Gasteiger charge is 2.20. The quantitative estimate of drug-likeness (QED) is 0.734. The first kappa shape index (κ1) is 14.7. The van der Waals surface area contributed by atoms with E-state index in [0.717, 1.165) is 47.2 Å². The molecule has 1 aliphatic rings. The topological polar surface area (TPSA) is 40.5 Å². The van der Waals surface area contributed by atoms with Crippen LogP contribution in [-0.4, -0.2) is 16.4 Å². The molecule has 2 heterocycles. The predicted octanol–water partition coefficient (Wildman–Crippen LogP) is 3.64. The molecule has 0 fully saturated rings. The van der Waals surface area contributed by atoms with Gasteiger partial charge in [0.15, 0.2) is 11.1 Å². The van der Waals surface area contributed by atoms with E-state index >= 15 is 0 Å². The number of fused-ring (bicyclic) bond motifs is 2. The Morgan fingerprint density at radius 3 is 2.92 bits per heavy atom. The molecular formula is C20H17N3O. The van der Waals surface area contributed by atoms with Gasteiger partial charge in [-0.15, -0.1) is 0 Å². The van der Waals surface area contributed by atoms with Gasteiger partial charge in [0.05, 0.1) is 6.57 Å². The fourth-order valence-electron chi connectivity index (χ4n) is 3.40. The maximum absolute atomic E-state index is 12.8. The number of para-hydroxylation sites is 1. The van der Waals surface area contributed by atoms with Gasteiger partial charge in [-0.1, -0.05) is 36.4 Å². The molecule has 0 saturated carbocycles. The lowest BCUT2D eigenvalue weighted by Crippen LogP contribution is -2.34. The minimum absolute atomic E-state index is 0.138. The van der Waals surface area contributed by atoms with Crippen LogP contribution in [0.1, 0.15) is 16.8 Å². The number of hydrogen-bond donors (Lipinski definition) is 1. The standard InChI is InChI=1S/C20H17N3O/c1-21-15-6-4-5-14(11-15)12-23-10-9-19-17(13-23)20(24)16-7-2-3-8-18(16)22-19/h2-8,11H,9-10,12-13H2,(H,22,24). The molecule has 4 rings (SSSR count). The number of nitrogens with zero attached hydrogens (tertiary/aromatic N) is 2. The van der Waals surface area contributed by atoms with Crippen molar-refractivity contribution in [1.29, 1.82) is 0 Å². The molecule has 0 radical (unpaired) electrons. The van der Waals surface area contributed by atoms with Crippen molar-refractivity contribution >= 4 is 16.6 Å². The van der Waals surface area contributed by atoms with Crippen molar-refractivity contribution in [1.82, 2.24) is 9.88 Å². The van der Waals surface area contributed by atoms with Crippen molar-refractivity contribution in [2.75, 3.05) is 6.54 Å². The Labute approximate surface area is 140 Å². The molecule has 0 amide bonds. The van der Waals surface area contributed by atoms with E-state index in [-0.39, 0.29) is 5.43 Å². The van der Waals surface area contributed by atoms with Crippen LogP contribution in [0.2, 0.25) is 0 Å².